The first-order chi connectivity index (χ1) is 9.78. The van der Waals surface area contributed by atoms with E-state index in [1.54, 1.807) is 16.7 Å². The van der Waals surface area contributed by atoms with Gasteiger partial charge in [0.2, 0.25) is 5.91 Å². The van der Waals surface area contributed by atoms with Crippen molar-refractivity contribution in [2.75, 3.05) is 11.6 Å². The van der Waals surface area contributed by atoms with Crippen LogP contribution in [0.5, 0.6) is 0 Å². The lowest BCUT2D eigenvalue weighted by Gasteiger charge is -2.28. The van der Waals surface area contributed by atoms with Crippen molar-refractivity contribution < 1.29 is 14.3 Å². The molecule has 0 bridgehead atoms. The van der Waals surface area contributed by atoms with Gasteiger partial charge in [0, 0.05) is 11.8 Å². The van der Waals surface area contributed by atoms with Crippen LogP contribution in [0.2, 0.25) is 0 Å². The molecule has 120 valence electrons. The van der Waals surface area contributed by atoms with E-state index >= 15 is 0 Å². The van der Waals surface area contributed by atoms with Gasteiger partial charge < -0.3 is 10.1 Å². The molecule has 1 saturated heterocycles. The van der Waals surface area contributed by atoms with Crippen molar-refractivity contribution in [2.45, 2.75) is 64.6 Å². The smallest absolute Gasteiger partial charge is 0.411 e. The molecule has 21 heavy (non-hydrogen) atoms. The van der Waals surface area contributed by atoms with Crippen LogP contribution >= 0.6 is 11.8 Å². The monoisotopic (exact) mass is 314 g/mol. The van der Waals surface area contributed by atoms with Crippen LogP contribution in [0.4, 0.5) is 4.79 Å². The molecule has 0 aromatic rings. The Bertz CT molecular complexity index is 408. The minimum atomic E-state index is -0.536. The Hall–Kier alpha value is -0.910. The van der Waals surface area contributed by atoms with Gasteiger partial charge in [-0.25, -0.2) is 4.79 Å². The molecule has 5 nitrogen and oxygen atoms in total. The van der Waals surface area contributed by atoms with E-state index in [0.29, 0.717) is 17.5 Å². The summed E-state index contributed by atoms with van der Waals surface area (Å²) in [5.41, 5.74) is -0.536. The normalized spacial score (nSPS) is 29.5. The predicted molar refractivity (Wildman–Crippen MR) is 84.1 cm³/mol. The zero-order valence-corrected chi connectivity index (χ0v) is 14.2. The zero-order valence-electron chi connectivity index (χ0n) is 13.3. The number of thioether (sulfide) groups is 1. The van der Waals surface area contributed by atoms with Crippen LogP contribution in [0, 0.1) is 5.92 Å². The fourth-order valence-electron chi connectivity index (χ4n) is 2.80. The number of amides is 2. The first kappa shape index (κ1) is 16.5. The summed E-state index contributed by atoms with van der Waals surface area (Å²) in [6, 6.07) is -0.152. The second-order valence-electron chi connectivity index (χ2n) is 6.99. The van der Waals surface area contributed by atoms with Gasteiger partial charge >= 0.3 is 6.09 Å². The molecule has 0 spiro atoms. The fraction of sp³-hybridized carbons (Fsp3) is 0.867. The molecule has 2 fully saturated rings. The average molecular weight is 314 g/mol. The average Bonchev–Trinajstić information content (AvgIpc) is 2.96. The molecule has 2 rings (SSSR count). The highest BCUT2D eigenvalue weighted by molar-refractivity contribution is 7.99. The number of hydrogen-bond acceptors (Lipinski definition) is 4. The highest BCUT2D eigenvalue weighted by atomic mass is 32.2. The van der Waals surface area contributed by atoms with Gasteiger partial charge in [0.15, 0.2) is 0 Å². The molecule has 0 aromatic heterocycles. The Labute approximate surface area is 131 Å². The fourth-order valence-corrected chi connectivity index (χ4v) is 3.94. The minimum Gasteiger partial charge on any atom is -0.444 e. The molecule has 1 aliphatic heterocycles. The summed E-state index contributed by atoms with van der Waals surface area (Å²) in [6.45, 7) is 7.68. The number of nitrogens with zero attached hydrogens (tertiary/aromatic N) is 1. The Morgan fingerprint density at radius 2 is 2.00 bits per heavy atom. The Kier molecular flexibility index (Phi) is 5.07. The molecule has 0 unspecified atom stereocenters. The second kappa shape index (κ2) is 6.46. The second-order valence-corrected chi connectivity index (χ2v) is 7.99. The third-order valence-corrected chi connectivity index (χ3v) is 5.01. The molecule has 1 aliphatic carbocycles. The third kappa shape index (κ3) is 4.28. The highest BCUT2D eigenvalue weighted by Crippen LogP contribution is 2.27. The van der Waals surface area contributed by atoms with Gasteiger partial charge in [0.05, 0.1) is 5.88 Å². The van der Waals surface area contributed by atoms with Crippen molar-refractivity contribution in [2.24, 2.45) is 5.92 Å². The topological polar surface area (TPSA) is 58.6 Å². The van der Waals surface area contributed by atoms with Crippen molar-refractivity contribution in [1.82, 2.24) is 10.2 Å². The Morgan fingerprint density at radius 1 is 1.29 bits per heavy atom. The van der Waals surface area contributed by atoms with Gasteiger partial charge in [-0.15, -0.1) is 11.8 Å². The molecule has 0 radical (unpaired) electrons. The molecule has 2 aliphatic rings. The maximum absolute atomic E-state index is 12.5. The van der Waals surface area contributed by atoms with Crippen LogP contribution in [0.15, 0.2) is 0 Å². The van der Waals surface area contributed by atoms with Crippen molar-refractivity contribution in [3.05, 3.63) is 0 Å². The highest BCUT2D eigenvalue weighted by Gasteiger charge is 2.38. The number of carbonyl (C=O) groups excluding carboxylic acids is 2. The molecule has 6 heteroatoms. The van der Waals surface area contributed by atoms with Gasteiger partial charge in [-0.3, -0.25) is 9.69 Å². The number of rotatable bonds is 2. The number of ether oxygens (including phenoxy) is 1. The first-order valence-corrected chi connectivity index (χ1v) is 8.81. The van der Waals surface area contributed by atoms with Crippen molar-refractivity contribution >= 4 is 23.8 Å². The molecule has 2 amide bonds. The van der Waals surface area contributed by atoms with Crippen molar-refractivity contribution in [1.29, 1.82) is 0 Å². The van der Waals surface area contributed by atoms with E-state index in [2.05, 4.69) is 12.2 Å². The number of nitrogens with one attached hydrogen (secondary N) is 1. The lowest BCUT2D eigenvalue weighted by molar-refractivity contribution is -0.126. The number of carbonyl (C=O) groups is 2. The van der Waals surface area contributed by atoms with Crippen LogP contribution in [-0.4, -0.2) is 46.2 Å². The molecular weight excluding hydrogens is 288 g/mol. The molecule has 3 atom stereocenters. The van der Waals surface area contributed by atoms with E-state index < -0.39 is 17.7 Å². The summed E-state index contributed by atoms with van der Waals surface area (Å²) in [5, 5.41) is 3.12. The quantitative estimate of drug-likeness (QED) is 0.851. The lowest BCUT2D eigenvalue weighted by Crippen LogP contribution is -2.51. The van der Waals surface area contributed by atoms with Crippen molar-refractivity contribution in [3.8, 4) is 0 Å². The van der Waals surface area contributed by atoms with Crippen LogP contribution < -0.4 is 5.32 Å². The lowest BCUT2D eigenvalue weighted by atomic mass is 10.1. The SMILES string of the molecule is C[C@@H]1CCC[C@H]1NC(=O)[C@@H]1CSCN1C(=O)OC(C)(C)C. The van der Waals surface area contributed by atoms with Gasteiger partial charge in [-0.1, -0.05) is 13.3 Å². The standard InChI is InChI=1S/C15H26N2O3S/c1-10-6-5-7-11(10)16-13(18)12-8-21-9-17(12)14(19)20-15(2,3)4/h10-12H,5-9H2,1-4H3,(H,16,18)/t10-,11-,12+/m1/s1. The van der Waals surface area contributed by atoms with E-state index in [9.17, 15) is 9.59 Å². The maximum Gasteiger partial charge on any atom is 0.411 e. The maximum atomic E-state index is 12.5. The molecule has 0 aromatic carbocycles. The van der Waals surface area contributed by atoms with E-state index in [4.69, 9.17) is 4.74 Å². The van der Waals surface area contributed by atoms with Gasteiger partial charge in [0.1, 0.15) is 11.6 Å². The van der Waals surface area contributed by atoms with Gasteiger partial charge in [0.25, 0.3) is 0 Å². The summed E-state index contributed by atoms with van der Waals surface area (Å²) < 4.78 is 5.39. The summed E-state index contributed by atoms with van der Waals surface area (Å²) in [5.74, 6) is 1.65. The Morgan fingerprint density at radius 3 is 2.57 bits per heavy atom. The van der Waals surface area contributed by atoms with Gasteiger partial charge in [-0.05, 0) is 39.5 Å². The molecular formula is C15H26N2O3S. The van der Waals surface area contributed by atoms with E-state index in [1.807, 2.05) is 20.8 Å². The summed E-state index contributed by atoms with van der Waals surface area (Å²) in [7, 11) is 0. The van der Waals surface area contributed by atoms with E-state index in [0.717, 1.165) is 6.42 Å². The van der Waals surface area contributed by atoms with Crippen LogP contribution in [0.1, 0.15) is 47.0 Å². The van der Waals surface area contributed by atoms with Crippen LogP contribution in [-0.2, 0) is 9.53 Å². The van der Waals surface area contributed by atoms with Crippen LogP contribution in [0.25, 0.3) is 0 Å². The number of hydrogen-bond donors (Lipinski definition) is 1. The summed E-state index contributed by atoms with van der Waals surface area (Å²) >= 11 is 1.60. The van der Waals surface area contributed by atoms with Gasteiger partial charge in [-0.2, -0.15) is 0 Å². The zero-order chi connectivity index (χ0) is 15.6. The van der Waals surface area contributed by atoms with Crippen LogP contribution in [0.3, 0.4) is 0 Å². The largest absolute Gasteiger partial charge is 0.444 e. The third-order valence-electron chi connectivity index (χ3n) is 4.00. The Balaban J connectivity index is 1.94. The predicted octanol–water partition coefficient (Wildman–Crippen LogP) is 2.60. The summed E-state index contributed by atoms with van der Waals surface area (Å²) in [4.78, 5) is 26.2. The van der Waals surface area contributed by atoms with Crippen molar-refractivity contribution in [3.63, 3.8) is 0 Å². The summed E-state index contributed by atoms with van der Waals surface area (Å²) in [6.07, 6.45) is 2.98. The minimum absolute atomic E-state index is 0.0374. The molecule has 1 heterocycles. The van der Waals surface area contributed by atoms with E-state index in [-0.39, 0.29) is 11.9 Å². The molecule has 1 N–H and O–H groups in total. The van der Waals surface area contributed by atoms with E-state index in [1.165, 1.54) is 12.8 Å². The first-order valence-electron chi connectivity index (χ1n) is 7.65. The molecule has 1 saturated carbocycles.